The molecule has 0 heterocycles. The zero-order chi connectivity index (χ0) is 12.7. The van der Waals surface area contributed by atoms with Gasteiger partial charge in [-0.1, -0.05) is 18.2 Å². The van der Waals surface area contributed by atoms with Crippen molar-refractivity contribution in [3.05, 3.63) is 29.8 Å². The lowest BCUT2D eigenvalue weighted by molar-refractivity contribution is -0.116. The van der Waals surface area contributed by atoms with Gasteiger partial charge >= 0.3 is 0 Å². The maximum Gasteiger partial charge on any atom is 0.224 e. The Hall–Kier alpha value is -1.39. The summed E-state index contributed by atoms with van der Waals surface area (Å²) in [4.78, 5) is 11.6. The van der Waals surface area contributed by atoms with Crippen molar-refractivity contribution in [3.63, 3.8) is 0 Å². The Kier molecular flexibility index (Phi) is 5.66. The molecule has 0 aliphatic heterocycles. The second-order valence-electron chi connectivity index (χ2n) is 4.03. The summed E-state index contributed by atoms with van der Waals surface area (Å²) >= 11 is 0. The summed E-state index contributed by atoms with van der Waals surface area (Å²) in [5.41, 5.74) is 1.71. The standard InChI is InChI=1S/C13H19NO3/c1-10(15)7-8-13(16)14-12-6-4-3-5-11(12)9-17-2/h3-6,10,15H,7-9H2,1-2H3,(H,14,16). The van der Waals surface area contributed by atoms with Crippen molar-refractivity contribution in [2.45, 2.75) is 32.5 Å². The maximum absolute atomic E-state index is 11.6. The van der Waals surface area contributed by atoms with E-state index in [1.165, 1.54) is 0 Å². The number of carbonyl (C=O) groups is 1. The van der Waals surface area contributed by atoms with Gasteiger partial charge in [-0.15, -0.1) is 0 Å². The van der Waals surface area contributed by atoms with Crippen molar-refractivity contribution in [2.75, 3.05) is 12.4 Å². The molecule has 2 N–H and O–H groups in total. The summed E-state index contributed by atoms with van der Waals surface area (Å²) in [5.74, 6) is -0.0885. The molecule has 1 atom stereocenters. The van der Waals surface area contributed by atoms with Crippen molar-refractivity contribution < 1.29 is 14.6 Å². The fourth-order valence-corrected chi connectivity index (χ4v) is 1.48. The molecular weight excluding hydrogens is 218 g/mol. The molecule has 0 aromatic heterocycles. The van der Waals surface area contributed by atoms with E-state index in [-0.39, 0.29) is 5.91 Å². The van der Waals surface area contributed by atoms with Crippen LogP contribution in [0.3, 0.4) is 0 Å². The number of para-hydroxylation sites is 1. The number of anilines is 1. The predicted molar refractivity (Wildman–Crippen MR) is 66.7 cm³/mol. The zero-order valence-electron chi connectivity index (χ0n) is 10.3. The van der Waals surface area contributed by atoms with E-state index in [1.54, 1.807) is 14.0 Å². The molecule has 1 rings (SSSR count). The van der Waals surface area contributed by atoms with Gasteiger partial charge in [-0.25, -0.2) is 0 Å². The Balaban J connectivity index is 2.58. The van der Waals surface area contributed by atoms with Crippen LogP contribution in [-0.4, -0.2) is 24.2 Å². The molecule has 1 amide bonds. The molecule has 4 nitrogen and oxygen atoms in total. The summed E-state index contributed by atoms with van der Waals surface area (Å²) < 4.78 is 5.06. The first-order valence-corrected chi connectivity index (χ1v) is 5.68. The largest absolute Gasteiger partial charge is 0.393 e. The lowest BCUT2D eigenvalue weighted by Crippen LogP contribution is -2.15. The van der Waals surface area contributed by atoms with Crippen LogP contribution in [0.4, 0.5) is 5.69 Å². The minimum Gasteiger partial charge on any atom is -0.393 e. The monoisotopic (exact) mass is 237 g/mol. The molecule has 0 aliphatic carbocycles. The van der Waals surface area contributed by atoms with E-state index in [1.807, 2.05) is 24.3 Å². The number of amides is 1. The van der Waals surface area contributed by atoms with E-state index < -0.39 is 6.10 Å². The van der Waals surface area contributed by atoms with E-state index in [2.05, 4.69) is 5.32 Å². The van der Waals surface area contributed by atoms with Gasteiger partial charge < -0.3 is 15.2 Å². The lowest BCUT2D eigenvalue weighted by atomic mass is 10.1. The van der Waals surface area contributed by atoms with Gasteiger partial charge in [0.05, 0.1) is 12.7 Å². The fraction of sp³-hybridized carbons (Fsp3) is 0.462. The van der Waals surface area contributed by atoms with Gasteiger partial charge in [-0.2, -0.15) is 0 Å². The average molecular weight is 237 g/mol. The second kappa shape index (κ2) is 7.04. The second-order valence-corrected chi connectivity index (χ2v) is 4.03. The topological polar surface area (TPSA) is 58.6 Å². The summed E-state index contributed by atoms with van der Waals surface area (Å²) in [6.45, 7) is 2.14. The Labute approximate surface area is 102 Å². The third-order valence-corrected chi connectivity index (χ3v) is 2.38. The zero-order valence-corrected chi connectivity index (χ0v) is 10.3. The molecule has 1 aromatic carbocycles. The van der Waals surface area contributed by atoms with Gasteiger partial charge in [0.15, 0.2) is 0 Å². The number of benzene rings is 1. The normalized spacial score (nSPS) is 12.2. The van der Waals surface area contributed by atoms with Crippen LogP contribution in [0.15, 0.2) is 24.3 Å². The van der Waals surface area contributed by atoms with Crippen LogP contribution in [0.25, 0.3) is 0 Å². The highest BCUT2D eigenvalue weighted by molar-refractivity contribution is 5.91. The minimum absolute atomic E-state index is 0.0885. The van der Waals surface area contributed by atoms with Crippen molar-refractivity contribution in [2.24, 2.45) is 0 Å². The molecule has 0 aliphatic rings. The Morgan fingerprint density at radius 3 is 2.82 bits per heavy atom. The Bertz CT molecular complexity index is 363. The van der Waals surface area contributed by atoms with Crippen LogP contribution in [0.2, 0.25) is 0 Å². The first-order valence-electron chi connectivity index (χ1n) is 5.68. The minimum atomic E-state index is -0.449. The third-order valence-electron chi connectivity index (χ3n) is 2.38. The fourth-order valence-electron chi connectivity index (χ4n) is 1.48. The number of ether oxygens (including phenoxy) is 1. The number of nitrogens with one attached hydrogen (secondary N) is 1. The summed E-state index contributed by atoms with van der Waals surface area (Å²) in [6.07, 6.45) is 0.340. The van der Waals surface area contributed by atoms with E-state index in [9.17, 15) is 4.79 Å². The molecule has 0 fully saturated rings. The number of aliphatic hydroxyl groups is 1. The highest BCUT2D eigenvalue weighted by Crippen LogP contribution is 2.16. The average Bonchev–Trinajstić information content (AvgIpc) is 2.29. The Morgan fingerprint density at radius 2 is 2.18 bits per heavy atom. The number of aliphatic hydroxyl groups excluding tert-OH is 1. The van der Waals surface area contributed by atoms with Gasteiger partial charge in [-0.05, 0) is 19.4 Å². The van der Waals surface area contributed by atoms with Crippen LogP contribution in [0.1, 0.15) is 25.3 Å². The number of hydrogen-bond donors (Lipinski definition) is 2. The van der Waals surface area contributed by atoms with Crippen LogP contribution in [0, 0.1) is 0 Å². The lowest BCUT2D eigenvalue weighted by Gasteiger charge is -2.10. The van der Waals surface area contributed by atoms with Gasteiger partial charge in [0.25, 0.3) is 0 Å². The molecule has 94 valence electrons. The Morgan fingerprint density at radius 1 is 1.47 bits per heavy atom. The highest BCUT2D eigenvalue weighted by Gasteiger charge is 2.07. The SMILES string of the molecule is COCc1ccccc1NC(=O)CCC(C)O. The predicted octanol–water partition coefficient (Wildman–Crippen LogP) is 1.93. The molecular formula is C13H19NO3. The third kappa shape index (κ3) is 4.97. The van der Waals surface area contributed by atoms with Gasteiger partial charge in [0, 0.05) is 24.8 Å². The molecule has 0 bridgehead atoms. The molecule has 0 spiro atoms. The van der Waals surface area contributed by atoms with E-state index in [0.29, 0.717) is 19.4 Å². The maximum atomic E-state index is 11.6. The highest BCUT2D eigenvalue weighted by atomic mass is 16.5. The number of carbonyl (C=O) groups excluding carboxylic acids is 1. The number of methoxy groups -OCH3 is 1. The first-order chi connectivity index (χ1) is 8.13. The summed E-state index contributed by atoms with van der Waals surface area (Å²) in [7, 11) is 1.62. The molecule has 1 aromatic rings. The van der Waals surface area contributed by atoms with Gasteiger partial charge in [-0.3, -0.25) is 4.79 Å². The smallest absolute Gasteiger partial charge is 0.224 e. The van der Waals surface area contributed by atoms with Gasteiger partial charge in [0.2, 0.25) is 5.91 Å². The van der Waals surface area contributed by atoms with Crippen molar-refractivity contribution >= 4 is 11.6 Å². The van der Waals surface area contributed by atoms with Crippen LogP contribution in [0.5, 0.6) is 0 Å². The van der Waals surface area contributed by atoms with E-state index >= 15 is 0 Å². The van der Waals surface area contributed by atoms with Crippen molar-refractivity contribution in [1.82, 2.24) is 0 Å². The van der Waals surface area contributed by atoms with Crippen LogP contribution >= 0.6 is 0 Å². The van der Waals surface area contributed by atoms with E-state index in [4.69, 9.17) is 9.84 Å². The molecule has 1 unspecified atom stereocenters. The van der Waals surface area contributed by atoms with Crippen molar-refractivity contribution in [3.8, 4) is 0 Å². The summed E-state index contributed by atoms with van der Waals surface area (Å²) in [5, 5.41) is 11.9. The molecule has 0 saturated carbocycles. The number of rotatable bonds is 6. The first kappa shape index (κ1) is 13.7. The van der Waals surface area contributed by atoms with Crippen molar-refractivity contribution in [1.29, 1.82) is 0 Å². The quantitative estimate of drug-likeness (QED) is 0.794. The van der Waals surface area contributed by atoms with Crippen LogP contribution in [-0.2, 0) is 16.1 Å². The molecule has 0 radical (unpaired) electrons. The molecule has 17 heavy (non-hydrogen) atoms. The van der Waals surface area contributed by atoms with Gasteiger partial charge in [0.1, 0.15) is 0 Å². The van der Waals surface area contributed by atoms with Crippen LogP contribution < -0.4 is 5.32 Å². The van der Waals surface area contributed by atoms with E-state index in [0.717, 1.165) is 11.3 Å². The summed E-state index contributed by atoms with van der Waals surface area (Å²) in [6, 6.07) is 7.52. The molecule has 4 heteroatoms. The molecule has 0 saturated heterocycles. The number of hydrogen-bond acceptors (Lipinski definition) is 3.